The summed E-state index contributed by atoms with van der Waals surface area (Å²) in [6.07, 6.45) is 5.82. The van der Waals surface area contributed by atoms with E-state index in [4.69, 9.17) is 0 Å². The lowest BCUT2D eigenvalue weighted by molar-refractivity contribution is 0.243. The van der Waals surface area contributed by atoms with Crippen LogP contribution in [0.15, 0.2) is 42.6 Å². The molecule has 0 aliphatic heterocycles. The summed E-state index contributed by atoms with van der Waals surface area (Å²) in [7, 11) is 0. The van der Waals surface area contributed by atoms with Crippen molar-refractivity contribution in [1.82, 2.24) is 10.3 Å². The van der Waals surface area contributed by atoms with Crippen molar-refractivity contribution in [2.75, 3.05) is 10.6 Å². The molecule has 0 atom stereocenters. The summed E-state index contributed by atoms with van der Waals surface area (Å²) in [4.78, 5) is 16.6. The van der Waals surface area contributed by atoms with E-state index in [9.17, 15) is 4.79 Å². The quantitative estimate of drug-likeness (QED) is 0.781. The first-order valence-electron chi connectivity index (χ1n) is 8.93. The van der Waals surface area contributed by atoms with Crippen molar-refractivity contribution in [2.45, 2.75) is 51.6 Å². The van der Waals surface area contributed by atoms with E-state index in [1.807, 2.05) is 50.2 Å². The molecule has 0 radical (unpaired) electrons. The number of rotatable bonds is 4. The number of para-hydroxylation sites is 1. The van der Waals surface area contributed by atoms with Crippen molar-refractivity contribution in [3.8, 4) is 0 Å². The van der Waals surface area contributed by atoms with E-state index in [1.165, 1.54) is 0 Å². The summed E-state index contributed by atoms with van der Waals surface area (Å²) < 4.78 is 0. The van der Waals surface area contributed by atoms with Gasteiger partial charge in [0, 0.05) is 24.0 Å². The Balaban J connectivity index is 1.46. The summed E-state index contributed by atoms with van der Waals surface area (Å²) in [6, 6.07) is 12.5. The third-order valence-electron chi connectivity index (χ3n) is 4.80. The SMILES string of the molecule is Cc1cccc(C)c1NC(=O)NC1CCC(Nc2ccccn2)CC1. The second-order valence-electron chi connectivity index (χ2n) is 6.77. The number of carbonyl (C=O) groups is 1. The molecule has 1 heterocycles. The van der Waals surface area contributed by atoms with Crippen molar-refractivity contribution < 1.29 is 4.79 Å². The first-order chi connectivity index (χ1) is 12.1. The summed E-state index contributed by atoms with van der Waals surface area (Å²) in [5.41, 5.74) is 3.07. The van der Waals surface area contributed by atoms with E-state index in [-0.39, 0.29) is 12.1 Å². The predicted molar refractivity (Wildman–Crippen MR) is 102 cm³/mol. The molecule has 3 N–H and O–H groups in total. The first-order valence-corrected chi connectivity index (χ1v) is 8.93. The zero-order valence-corrected chi connectivity index (χ0v) is 14.9. The number of benzene rings is 1. The number of pyridine rings is 1. The highest BCUT2D eigenvalue weighted by Crippen LogP contribution is 2.22. The van der Waals surface area contributed by atoms with E-state index in [2.05, 4.69) is 20.9 Å². The van der Waals surface area contributed by atoms with Gasteiger partial charge in [-0.1, -0.05) is 24.3 Å². The van der Waals surface area contributed by atoms with Crippen LogP contribution in [0.4, 0.5) is 16.3 Å². The number of aryl methyl sites for hydroxylation is 2. The second-order valence-corrected chi connectivity index (χ2v) is 6.77. The van der Waals surface area contributed by atoms with E-state index < -0.39 is 0 Å². The van der Waals surface area contributed by atoms with Gasteiger partial charge in [-0.05, 0) is 62.8 Å². The maximum absolute atomic E-state index is 12.3. The van der Waals surface area contributed by atoms with Gasteiger partial charge in [-0.2, -0.15) is 0 Å². The van der Waals surface area contributed by atoms with Crippen molar-refractivity contribution in [3.63, 3.8) is 0 Å². The summed E-state index contributed by atoms with van der Waals surface area (Å²) in [5.74, 6) is 0.923. The average molecular weight is 338 g/mol. The van der Waals surface area contributed by atoms with Crippen molar-refractivity contribution >= 4 is 17.5 Å². The topological polar surface area (TPSA) is 66.1 Å². The fourth-order valence-corrected chi connectivity index (χ4v) is 3.39. The lowest BCUT2D eigenvalue weighted by atomic mass is 9.91. The molecule has 0 unspecified atom stereocenters. The molecule has 3 rings (SSSR count). The van der Waals surface area contributed by atoms with Gasteiger partial charge in [-0.15, -0.1) is 0 Å². The fraction of sp³-hybridized carbons (Fsp3) is 0.400. The first kappa shape index (κ1) is 17.3. The molecule has 1 aliphatic rings. The number of hydrogen-bond donors (Lipinski definition) is 3. The van der Waals surface area contributed by atoms with E-state index in [0.29, 0.717) is 6.04 Å². The van der Waals surface area contributed by atoms with Crippen LogP contribution in [-0.4, -0.2) is 23.1 Å². The van der Waals surface area contributed by atoms with Gasteiger partial charge in [0.25, 0.3) is 0 Å². The maximum Gasteiger partial charge on any atom is 0.319 e. The highest BCUT2D eigenvalue weighted by molar-refractivity contribution is 5.91. The average Bonchev–Trinajstić information content (AvgIpc) is 2.61. The van der Waals surface area contributed by atoms with Crippen LogP contribution in [0, 0.1) is 13.8 Å². The van der Waals surface area contributed by atoms with E-state index in [1.54, 1.807) is 6.20 Å². The van der Waals surface area contributed by atoms with Gasteiger partial charge < -0.3 is 16.0 Å². The normalized spacial score (nSPS) is 19.9. The second kappa shape index (κ2) is 8.01. The van der Waals surface area contributed by atoms with E-state index in [0.717, 1.165) is 48.3 Å². The molecule has 1 aromatic carbocycles. The molecule has 2 aromatic rings. The Morgan fingerprint density at radius 2 is 1.64 bits per heavy atom. The number of hydrogen-bond acceptors (Lipinski definition) is 3. The Morgan fingerprint density at radius 1 is 0.960 bits per heavy atom. The van der Waals surface area contributed by atoms with Crippen molar-refractivity contribution in [2.24, 2.45) is 0 Å². The van der Waals surface area contributed by atoms with Crippen LogP contribution in [0.25, 0.3) is 0 Å². The van der Waals surface area contributed by atoms with Gasteiger partial charge in [-0.3, -0.25) is 0 Å². The molecule has 0 saturated heterocycles. The molecule has 5 heteroatoms. The number of nitrogens with zero attached hydrogens (tertiary/aromatic N) is 1. The lowest BCUT2D eigenvalue weighted by Gasteiger charge is -2.30. The Hall–Kier alpha value is -2.56. The third kappa shape index (κ3) is 4.72. The summed E-state index contributed by atoms with van der Waals surface area (Å²) in [6.45, 7) is 4.02. The highest BCUT2D eigenvalue weighted by atomic mass is 16.2. The van der Waals surface area contributed by atoms with Crippen LogP contribution >= 0.6 is 0 Å². The zero-order valence-electron chi connectivity index (χ0n) is 14.9. The number of urea groups is 1. The molecule has 0 bridgehead atoms. The minimum Gasteiger partial charge on any atom is -0.367 e. The monoisotopic (exact) mass is 338 g/mol. The zero-order chi connectivity index (χ0) is 17.6. The van der Waals surface area contributed by atoms with Crippen LogP contribution in [0.3, 0.4) is 0 Å². The molecule has 1 saturated carbocycles. The van der Waals surface area contributed by atoms with Gasteiger partial charge >= 0.3 is 6.03 Å². The van der Waals surface area contributed by atoms with Crippen LogP contribution in [-0.2, 0) is 0 Å². The molecule has 1 aliphatic carbocycles. The molecule has 1 aromatic heterocycles. The Labute approximate surface area is 149 Å². The van der Waals surface area contributed by atoms with Crippen LogP contribution in [0.2, 0.25) is 0 Å². The van der Waals surface area contributed by atoms with Gasteiger partial charge in [0.2, 0.25) is 0 Å². The van der Waals surface area contributed by atoms with Gasteiger partial charge in [0.1, 0.15) is 5.82 Å². The maximum atomic E-state index is 12.3. The number of amides is 2. The lowest BCUT2D eigenvalue weighted by Crippen LogP contribution is -2.42. The largest absolute Gasteiger partial charge is 0.367 e. The predicted octanol–water partition coefficient (Wildman–Crippen LogP) is 4.24. The number of nitrogens with one attached hydrogen (secondary N) is 3. The highest BCUT2D eigenvalue weighted by Gasteiger charge is 2.22. The van der Waals surface area contributed by atoms with Crippen molar-refractivity contribution in [1.29, 1.82) is 0 Å². The van der Waals surface area contributed by atoms with Crippen LogP contribution in [0.1, 0.15) is 36.8 Å². The van der Waals surface area contributed by atoms with Gasteiger partial charge in [-0.25, -0.2) is 9.78 Å². The number of carbonyl (C=O) groups excluding carboxylic acids is 1. The molecule has 2 amide bonds. The smallest absolute Gasteiger partial charge is 0.319 e. The fourth-order valence-electron chi connectivity index (χ4n) is 3.39. The van der Waals surface area contributed by atoms with Crippen LogP contribution < -0.4 is 16.0 Å². The molecular weight excluding hydrogens is 312 g/mol. The standard InChI is InChI=1S/C20H26N4O/c1-14-6-5-7-15(2)19(14)24-20(25)23-17-11-9-16(10-12-17)22-18-8-3-4-13-21-18/h3-8,13,16-17H,9-12H2,1-2H3,(H,21,22)(H2,23,24,25). The molecule has 25 heavy (non-hydrogen) atoms. The van der Waals surface area contributed by atoms with Gasteiger partial charge in [0.05, 0.1) is 0 Å². The Kier molecular flexibility index (Phi) is 5.53. The van der Waals surface area contributed by atoms with Crippen LogP contribution in [0.5, 0.6) is 0 Å². The molecule has 1 fully saturated rings. The molecule has 132 valence electrons. The van der Waals surface area contributed by atoms with E-state index >= 15 is 0 Å². The Bertz CT molecular complexity index is 689. The number of anilines is 2. The minimum atomic E-state index is -0.112. The Morgan fingerprint density at radius 3 is 2.28 bits per heavy atom. The van der Waals surface area contributed by atoms with Gasteiger partial charge in [0.15, 0.2) is 0 Å². The molecule has 5 nitrogen and oxygen atoms in total. The van der Waals surface area contributed by atoms with Crippen molar-refractivity contribution in [3.05, 3.63) is 53.7 Å². The summed E-state index contributed by atoms with van der Waals surface area (Å²) >= 11 is 0. The number of aromatic nitrogens is 1. The third-order valence-corrected chi connectivity index (χ3v) is 4.80. The minimum absolute atomic E-state index is 0.112. The summed E-state index contributed by atoms with van der Waals surface area (Å²) in [5, 5.41) is 9.58. The molecule has 0 spiro atoms. The molecular formula is C20H26N4O.